The van der Waals surface area contributed by atoms with Gasteiger partial charge in [-0.1, -0.05) is 0 Å². The van der Waals surface area contributed by atoms with Gasteiger partial charge in [-0.2, -0.15) is 0 Å². The van der Waals surface area contributed by atoms with Gasteiger partial charge in [0.25, 0.3) is 5.91 Å². The van der Waals surface area contributed by atoms with E-state index in [1.165, 1.54) is 18.2 Å². The van der Waals surface area contributed by atoms with Gasteiger partial charge in [-0.05, 0) is 72.0 Å². The lowest BCUT2D eigenvalue weighted by Crippen LogP contribution is -2.44. The molecule has 112 valence electrons. The highest BCUT2D eigenvalue weighted by molar-refractivity contribution is 14.1. The summed E-state index contributed by atoms with van der Waals surface area (Å²) in [6, 6.07) is 11.0. The van der Waals surface area contributed by atoms with Crippen LogP contribution in [0.3, 0.4) is 0 Å². The van der Waals surface area contributed by atoms with Gasteiger partial charge in [0.05, 0.1) is 5.69 Å². The van der Waals surface area contributed by atoms with Crippen molar-refractivity contribution in [1.82, 2.24) is 0 Å². The van der Waals surface area contributed by atoms with Crippen molar-refractivity contribution < 1.29 is 14.0 Å². The molecular formula is C17H13FINO2. The first kappa shape index (κ1) is 15.1. The van der Waals surface area contributed by atoms with Crippen LogP contribution in [0.15, 0.2) is 42.5 Å². The van der Waals surface area contributed by atoms with Gasteiger partial charge < -0.3 is 4.90 Å². The molecule has 1 atom stereocenters. The van der Waals surface area contributed by atoms with Gasteiger partial charge in [-0.25, -0.2) is 4.39 Å². The summed E-state index contributed by atoms with van der Waals surface area (Å²) in [6.07, 6.45) is 0.201. The van der Waals surface area contributed by atoms with Crippen molar-refractivity contribution in [3.8, 4) is 0 Å². The number of anilines is 1. The fraction of sp³-hybridized carbons (Fsp3) is 0.176. The fourth-order valence-electron chi connectivity index (χ4n) is 2.69. The molecule has 0 fully saturated rings. The minimum atomic E-state index is -0.469. The Morgan fingerprint density at radius 1 is 1.23 bits per heavy atom. The summed E-state index contributed by atoms with van der Waals surface area (Å²) >= 11 is 2.17. The standard InChI is InChI=1S/C17H13FINO2/c1-10-8-16(21)14-9-12(18)4-7-15(14)20(10)17(22)11-2-5-13(19)6-3-11/h2-7,9-10H,8H2,1H3/t10-/m0/s1. The van der Waals surface area contributed by atoms with E-state index in [9.17, 15) is 14.0 Å². The Kier molecular flexibility index (Phi) is 3.99. The van der Waals surface area contributed by atoms with Crippen LogP contribution in [-0.4, -0.2) is 17.7 Å². The van der Waals surface area contributed by atoms with Crippen molar-refractivity contribution in [3.05, 3.63) is 63.0 Å². The van der Waals surface area contributed by atoms with Crippen LogP contribution in [0.2, 0.25) is 0 Å². The average Bonchev–Trinajstić information content (AvgIpc) is 2.48. The molecule has 0 saturated carbocycles. The number of amides is 1. The molecule has 1 heterocycles. The molecule has 1 aliphatic rings. The van der Waals surface area contributed by atoms with Crippen molar-refractivity contribution in [3.63, 3.8) is 0 Å². The number of nitrogens with zero attached hydrogens (tertiary/aromatic N) is 1. The SMILES string of the molecule is C[C@H]1CC(=O)c2cc(F)ccc2N1C(=O)c1ccc(I)cc1. The zero-order chi connectivity index (χ0) is 15.9. The van der Waals surface area contributed by atoms with Gasteiger partial charge in [0.1, 0.15) is 5.82 Å². The summed E-state index contributed by atoms with van der Waals surface area (Å²) in [6.45, 7) is 1.83. The molecule has 3 rings (SSSR count). The number of rotatable bonds is 1. The van der Waals surface area contributed by atoms with Crippen LogP contribution in [0.1, 0.15) is 34.1 Å². The smallest absolute Gasteiger partial charge is 0.258 e. The maximum absolute atomic E-state index is 13.4. The second-order valence-electron chi connectivity index (χ2n) is 5.32. The lowest BCUT2D eigenvalue weighted by molar-refractivity contribution is 0.0936. The van der Waals surface area contributed by atoms with Crippen LogP contribution in [0.5, 0.6) is 0 Å². The number of halogens is 2. The first-order chi connectivity index (χ1) is 10.5. The molecule has 0 N–H and O–H groups in total. The highest BCUT2D eigenvalue weighted by Crippen LogP contribution is 2.32. The lowest BCUT2D eigenvalue weighted by atomic mass is 9.94. The Morgan fingerprint density at radius 2 is 1.91 bits per heavy atom. The summed E-state index contributed by atoms with van der Waals surface area (Å²) < 4.78 is 14.4. The summed E-state index contributed by atoms with van der Waals surface area (Å²) in [5.41, 5.74) is 1.31. The summed E-state index contributed by atoms with van der Waals surface area (Å²) in [5.74, 6) is -0.777. The van der Waals surface area contributed by atoms with E-state index in [2.05, 4.69) is 22.6 Å². The van der Waals surface area contributed by atoms with Gasteiger partial charge >= 0.3 is 0 Å². The minimum absolute atomic E-state index is 0.131. The molecule has 2 aromatic rings. The number of benzene rings is 2. The summed E-state index contributed by atoms with van der Waals surface area (Å²) in [7, 11) is 0. The lowest BCUT2D eigenvalue weighted by Gasteiger charge is -2.34. The van der Waals surface area contributed by atoms with E-state index >= 15 is 0 Å². The highest BCUT2D eigenvalue weighted by atomic mass is 127. The summed E-state index contributed by atoms with van der Waals surface area (Å²) in [4.78, 5) is 26.5. The monoisotopic (exact) mass is 409 g/mol. The average molecular weight is 409 g/mol. The Hall–Kier alpha value is -1.76. The molecule has 0 spiro atoms. The van der Waals surface area contributed by atoms with E-state index in [0.29, 0.717) is 11.3 Å². The first-order valence-corrected chi connectivity index (χ1v) is 7.97. The second kappa shape index (κ2) is 5.79. The molecule has 22 heavy (non-hydrogen) atoms. The maximum atomic E-state index is 13.4. The Bertz CT molecular complexity index is 758. The zero-order valence-electron chi connectivity index (χ0n) is 11.8. The minimum Gasteiger partial charge on any atom is -0.304 e. The molecule has 3 nitrogen and oxygen atoms in total. The van der Waals surface area contributed by atoms with Crippen LogP contribution in [0.25, 0.3) is 0 Å². The topological polar surface area (TPSA) is 37.4 Å². The molecule has 0 saturated heterocycles. The maximum Gasteiger partial charge on any atom is 0.258 e. The Morgan fingerprint density at radius 3 is 2.59 bits per heavy atom. The van der Waals surface area contributed by atoms with E-state index in [-0.39, 0.29) is 29.7 Å². The van der Waals surface area contributed by atoms with Crippen molar-refractivity contribution in [2.75, 3.05) is 4.90 Å². The van der Waals surface area contributed by atoms with Crippen molar-refractivity contribution in [2.24, 2.45) is 0 Å². The van der Waals surface area contributed by atoms with Gasteiger partial charge in [-0.3, -0.25) is 9.59 Å². The van der Waals surface area contributed by atoms with Gasteiger partial charge in [-0.15, -0.1) is 0 Å². The number of carbonyl (C=O) groups is 2. The Labute approximate surface area is 141 Å². The van der Waals surface area contributed by atoms with Crippen molar-refractivity contribution >= 4 is 40.0 Å². The molecule has 5 heteroatoms. The van der Waals surface area contributed by atoms with Crippen LogP contribution < -0.4 is 4.90 Å². The van der Waals surface area contributed by atoms with Crippen molar-refractivity contribution in [2.45, 2.75) is 19.4 Å². The third-order valence-corrected chi connectivity index (χ3v) is 4.47. The van der Waals surface area contributed by atoms with Crippen LogP contribution in [0.4, 0.5) is 10.1 Å². The Balaban J connectivity index is 2.06. The number of ketones is 1. The van der Waals surface area contributed by atoms with Crippen LogP contribution in [0, 0.1) is 9.39 Å². The normalized spacial score (nSPS) is 17.3. The summed E-state index contributed by atoms with van der Waals surface area (Å²) in [5, 5.41) is 0. The molecule has 0 aliphatic carbocycles. The third-order valence-electron chi connectivity index (χ3n) is 3.75. The molecular weight excluding hydrogens is 396 g/mol. The van der Waals surface area contributed by atoms with E-state index in [1.807, 2.05) is 19.1 Å². The van der Waals surface area contributed by atoms with Crippen LogP contribution in [-0.2, 0) is 0 Å². The quantitative estimate of drug-likeness (QED) is 0.667. The molecule has 2 aromatic carbocycles. The van der Waals surface area contributed by atoms with Crippen molar-refractivity contribution in [1.29, 1.82) is 0 Å². The molecule has 0 radical (unpaired) electrons. The van der Waals surface area contributed by atoms with E-state index in [0.717, 1.165) is 3.57 Å². The first-order valence-electron chi connectivity index (χ1n) is 6.89. The third kappa shape index (κ3) is 2.65. The number of fused-ring (bicyclic) bond motifs is 1. The second-order valence-corrected chi connectivity index (χ2v) is 6.57. The number of hydrogen-bond acceptors (Lipinski definition) is 2. The zero-order valence-corrected chi connectivity index (χ0v) is 14.0. The largest absolute Gasteiger partial charge is 0.304 e. The van der Waals surface area contributed by atoms with E-state index < -0.39 is 5.82 Å². The predicted molar refractivity (Wildman–Crippen MR) is 90.8 cm³/mol. The number of carbonyl (C=O) groups excluding carboxylic acids is 2. The van der Waals surface area contributed by atoms with E-state index in [1.54, 1.807) is 17.0 Å². The number of hydrogen-bond donors (Lipinski definition) is 0. The highest BCUT2D eigenvalue weighted by Gasteiger charge is 2.33. The molecule has 0 unspecified atom stereocenters. The number of Topliss-reactive ketones (excluding diaryl/α,β-unsaturated/α-hetero) is 1. The van der Waals surface area contributed by atoms with E-state index in [4.69, 9.17) is 0 Å². The van der Waals surface area contributed by atoms with Crippen LogP contribution >= 0.6 is 22.6 Å². The molecule has 1 aliphatic heterocycles. The van der Waals surface area contributed by atoms with Gasteiger partial charge in [0.15, 0.2) is 5.78 Å². The fourth-order valence-corrected chi connectivity index (χ4v) is 3.05. The van der Waals surface area contributed by atoms with Gasteiger partial charge in [0, 0.05) is 27.2 Å². The molecule has 1 amide bonds. The predicted octanol–water partition coefficient (Wildman–Crippen LogP) is 4.05. The molecule has 0 aromatic heterocycles. The van der Waals surface area contributed by atoms with Gasteiger partial charge in [0.2, 0.25) is 0 Å². The molecule has 0 bridgehead atoms.